The highest BCUT2D eigenvalue weighted by Crippen LogP contribution is 2.37. The molecule has 0 atom stereocenters. The van der Waals surface area contributed by atoms with Gasteiger partial charge in [-0.2, -0.15) is 0 Å². The quantitative estimate of drug-likeness (QED) is 0.262. The molecule has 2 heterocycles. The van der Waals surface area contributed by atoms with Gasteiger partial charge in [0, 0.05) is 0 Å². The number of carbonyl (C=O) groups excluding carboxylic acids is 3. The second-order valence-electron chi connectivity index (χ2n) is 6.50. The van der Waals surface area contributed by atoms with Crippen LogP contribution in [0.25, 0.3) is 6.08 Å². The molecule has 32 heavy (non-hydrogen) atoms. The molecule has 1 aromatic carbocycles. The van der Waals surface area contributed by atoms with Crippen LogP contribution in [0.4, 0.5) is 4.79 Å². The molecule has 1 saturated heterocycles. The van der Waals surface area contributed by atoms with Crippen LogP contribution in [-0.2, 0) is 16.1 Å². The Bertz CT molecular complexity index is 1090. The van der Waals surface area contributed by atoms with Crippen LogP contribution in [0.1, 0.15) is 28.8 Å². The van der Waals surface area contributed by atoms with E-state index in [0.29, 0.717) is 23.7 Å². The molecule has 1 aromatic heterocycles. The Morgan fingerprint density at radius 2 is 2.06 bits per heavy atom. The van der Waals surface area contributed by atoms with Crippen LogP contribution in [0.3, 0.4) is 0 Å². The zero-order valence-electron chi connectivity index (χ0n) is 17.5. The number of hydrogen-bond donors (Lipinski definition) is 1. The monoisotopic (exact) mass is 460 g/mol. The normalized spacial score (nSPS) is 14.5. The minimum absolute atomic E-state index is 0.0258. The van der Waals surface area contributed by atoms with Gasteiger partial charge in [0.05, 0.1) is 25.3 Å². The molecule has 9 nitrogen and oxygen atoms in total. The topological polar surface area (TPSA) is 107 Å². The Morgan fingerprint density at radius 1 is 1.28 bits per heavy atom. The molecule has 0 saturated carbocycles. The molecule has 1 aliphatic rings. The first-order valence-electron chi connectivity index (χ1n) is 9.59. The first kappa shape index (κ1) is 23.0. The number of imide groups is 1. The average Bonchev–Trinajstić information content (AvgIpc) is 3.33. The second-order valence-corrected chi connectivity index (χ2v) is 6.91. The van der Waals surface area contributed by atoms with Gasteiger partial charge in [0.2, 0.25) is 5.76 Å². The maximum atomic E-state index is 12.8. The fourth-order valence-corrected chi connectivity index (χ4v) is 3.20. The van der Waals surface area contributed by atoms with Crippen LogP contribution in [-0.4, -0.2) is 43.1 Å². The highest BCUT2D eigenvalue weighted by atomic mass is 35.5. The van der Waals surface area contributed by atoms with Crippen molar-refractivity contribution in [3.8, 4) is 11.5 Å². The molecule has 3 rings (SSSR count). The van der Waals surface area contributed by atoms with Crippen molar-refractivity contribution < 1.29 is 33.0 Å². The number of hydrogen-bond acceptors (Lipinski definition) is 7. The molecule has 1 fully saturated rings. The number of halogens is 1. The van der Waals surface area contributed by atoms with E-state index in [1.54, 1.807) is 18.2 Å². The van der Waals surface area contributed by atoms with Gasteiger partial charge in [0.25, 0.3) is 5.91 Å². The molecule has 0 unspecified atom stereocenters. The summed E-state index contributed by atoms with van der Waals surface area (Å²) in [5, 5.41) is 2.80. The van der Waals surface area contributed by atoms with E-state index in [1.165, 1.54) is 25.3 Å². The van der Waals surface area contributed by atoms with E-state index >= 15 is 0 Å². The van der Waals surface area contributed by atoms with Gasteiger partial charge in [-0.1, -0.05) is 24.3 Å². The predicted octanol–water partition coefficient (Wildman–Crippen LogP) is 3.78. The van der Waals surface area contributed by atoms with Crippen molar-refractivity contribution in [3.05, 3.63) is 64.7 Å². The van der Waals surface area contributed by atoms with E-state index in [1.807, 2.05) is 6.92 Å². The van der Waals surface area contributed by atoms with E-state index in [2.05, 4.69) is 16.6 Å². The Balaban J connectivity index is 1.82. The summed E-state index contributed by atoms with van der Waals surface area (Å²) in [7, 11) is 1.22. The van der Waals surface area contributed by atoms with E-state index < -0.39 is 17.9 Å². The molecule has 0 radical (unpaired) electrons. The van der Waals surface area contributed by atoms with E-state index in [-0.39, 0.29) is 35.4 Å². The first-order valence-corrected chi connectivity index (χ1v) is 9.97. The summed E-state index contributed by atoms with van der Waals surface area (Å²) in [5.74, 6) is -0.238. The van der Waals surface area contributed by atoms with E-state index in [0.717, 1.165) is 4.90 Å². The Hall–Kier alpha value is -3.72. The molecule has 3 amide bonds. The summed E-state index contributed by atoms with van der Waals surface area (Å²) in [6, 6.07) is 5.51. The number of nitrogens with one attached hydrogen (secondary N) is 1. The molecular formula is C22H21ClN2O7. The number of furan rings is 1. The number of amides is 3. The predicted molar refractivity (Wildman–Crippen MR) is 115 cm³/mol. The van der Waals surface area contributed by atoms with E-state index in [4.69, 9.17) is 25.5 Å². The Morgan fingerprint density at radius 3 is 2.75 bits per heavy atom. The van der Waals surface area contributed by atoms with Gasteiger partial charge in [-0.3, -0.25) is 9.69 Å². The van der Waals surface area contributed by atoms with Crippen LogP contribution < -0.4 is 14.8 Å². The van der Waals surface area contributed by atoms with Crippen molar-refractivity contribution in [1.29, 1.82) is 0 Å². The smallest absolute Gasteiger partial charge is 0.373 e. The Kier molecular flexibility index (Phi) is 7.21. The van der Waals surface area contributed by atoms with Gasteiger partial charge in [0.1, 0.15) is 18.1 Å². The van der Waals surface area contributed by atoms with Crippen molar-refractivity contribution >= 4 is 35.6 Å². The maximum Gasteiger partial charge on any atom is 0.373 e. The summed E-state index contributed by atoms with van der Waals surface area (Å²) >= 11 is 6.33. The molecule has 168 valence electrons. The number of ether oxygens (including phenoxy) is 3. The largest absolute Gasteiger partial charge is 0.490 e. The van der Waals surface area contributed by atoms with Crippen LogP contribution in [0, 0.1) is 0 Å². The molecular weight excluding hydrogens is 440 g/mol. The van der Waals surface area contributed by atoms with Crippen LogP contribution in [0.2, 0.25) is 5.02 Å². The molecule has 1 N–H and O–H groups in total. The number of esters is 1. The van der Waals surface area contributed by atoms with Crippen LogP contribution in [0.15, 0.2) is 47.0 Å². The molecule has 0 aliphatic carbocycles. The van der Waals surface area contributed by atoms with Gasteiger partial charge < -0.3 is 23.9 Å². The minimum Gasteiger partial charge on any atom is -0.490 e. The van der Waals surface area contributed by atoms with Crippen molar-refractivity contribution in [2.75, 3.05) is 20.3 Å². The van der Waals surface area contributed by atoms with Crippen molar-refractivity contribution in [3.63, 3.8) is 0 Å². The molecule has 10 heteroatoms. The maximum absolute atomic E-state index is 12.8. The third-order valence-corrected chi connectivity index (χ3v) is 4.59. The van der Waals surface area contributed by atoms with Crippen molar-refractivity contribution in [2.45, 2.75) is 13.5 Å². The third kappa shape index (κ3) is 4.94. The van der Waals surface area contributed by atoms with Gasteiger partial charge in [0.15, 0.2) is 11.5 Å². The molecule has 0 bridgehead atoms. The summed E-state index contributed by atoms with van der Waals surface area (Å²) in [6.45, 7) is 5.88. The zero-order valence-corrected chi connectivity index (χ0v) is 18.2. The summed E-state index contributed by atoms with van der Waals surface area (Å²) in [4.78, 5) is 37.6. The van der Waals surface area contributed by atoms with Gasteiger partial charge in [-0.05, 0) is 42.8 Å². The highest BCUT2D eigenvalue weighted by Gasteiger charge is 2.34. The standard InChI is InChI=1S/C22H21ClN2O7/c1-4-8-31-19-15(23)9-13(11-18(19)30-5-2)10-16-20(26)25(22(28)24-16)12-14-6-7-17(32-14)21(27)29-3/h4,6-7,9-11H,1,5,8,12H2,2-3H3,(H,24,28)/b16-10-. The first-order chi connectivity index (χ1) is 15.4. The lowest BCUT2D eigenvalue weighted by Gasteiger charge is -2.13. The zero-order chi connectivity index (χ0) is 23.3. The number of urea groups is 1. The van der Waals surface area contributed by atoms with E-state index in [9.17, 15) is 14.4 Å². The molecule has 0 spiro atoms. The highest BCUT2D eigenvalue weighted by molar-refractivity contribution is 6.32. The number of benzene rings is 1. The second kappa shape index (κ2) is 10.1. The fourth-order valence-electron chi connectivity index (χ4n) is 2.93. The van der Waals surface area contributed by atoms with Gasteiger partial charge in [-0.25, -0.2) is 9.59 Å². The lowest BCUT2D eigenvalue weighted by atomic mass is 10.1. The number of carbonyl (C=O) groups is 3. The van der Waals surface area contributed by atoms with Crippen molar-refractivity contribution in [1.82, 2.24) is 10.2 Å². The lowest BCUT2D eigenvalue weighted by molar-refractivity contribution is -0.123. The lowest BCUT2D eigenvalue weighted by Crippen LogP contribution is -2.30. The number of nitrogens with zero attached hydrogens (tertiary/aromatic N) is 1. The number of methoxy groups -OCH3 is 1. The van der Waals surface area contributed by atoms with Crippen LogP contribution in [0.5, 0.6) is 11.5 Å². The van der Waals surface area contributed by atoms with Crippen LogP contribution >= 0.6 is 11.6 Å². The van der Waals surface area contributed by atoms with Gasteiger partial charge in [-0.15, -0.1) is 0 Å². The SMILES string of the molecule is C=CCOc1c(Cl)cc(/C=C2\NC(=O)N(Cc3ccc(C(=O)OC)o3)C2=O)cc1OCC. The number of rotatable bonds is 9. The summed E-state index contributed by atoms with van der Waals surface area (Å²) in [6.07, 6.45) is 3.06. The van der Waals surface area contributed by atoms with Gasteiger partial charge >= 0.3 is 12.0 Å². The fraction of sp³-hybridized carbons (Fsp3) is 0.227. The molecule has 1 aliphatic heterocycles. The third-order valence-electron chi connectivity index (χ3n) is 4.31. The van der Waals surface area contributed by atoms with Crippen molar-refractivity contribution in [2.24, 2.45) is 0 Å². The Labute approximate surface area is 189 Å². The average molecular weight is 461 g/mol. The summed E-state index contributed by atoms with van der Waals surface area (Å²) < 4.78 is 21.1. The molecule has 2 aromatic rings. The minimum atomic E-state index is -0.656. The summed E-state index contributed by atoms with van der Waals surface area (Å²) in [5.41, 5.74) is 0.578.